The van der Waals surface area contributed by atoms with Crippen LogP contribution < -0.4 is 9.47 Å². The van der Waals surface area contributed by atoms with Crippen LogP contribution in [0.25, 0.3) is 10.9 Å². The van der Waals surface area contributed by atoms with Crippen LogP contribution in [0.2, 0.25) is 5.15 Å². The molecule has 0 radical (unpaired) electrons. The lowest BCUT2D eigenvalue weighted by atomic mass is 9.92. The maximum atomic E-state index is 13.3. The molecule has 1 unspecified atom stereocenters. The number of rotatable bonds is 3. The molecule has 3 aromatic rings. The Kier molecular flexibility index (Phi) is 4.85. The van der Waals surface area contributed by atoms with Gasteiger partial charge < -0.3 is 14.4 Å². The average Bonchev–Trinajstić information content (AvgIpc) is 2.72. The molecule has 1 atom stereocenters. The molecule has 1 aromatic heterocycles. The third-order valence-corrected chi connectivity index (χ3v) is 5.64. The first kappa shape index (κ1) is 18.6. The summed E-state index contributed by atoms with van der Waals surface area (Å²) < 4.78 is 10.8. The van der Waals surface area contributed by atoms with Crippen LogP contribution in [0.15, 0.2) is 42.5 Å². The van der Waals surface area contributed by atoms with Crippen molar-refractivity contribution in [2.75, 3.05) is 20.8 Å². The number of ether oxygens (including phenoxy) is 2. The first-order chi connectivity index (χ1) is 13.5. The van der Waals surface area contributed by atoms with Gasteiger partial charge in [0.25, 0.3) is 5.91 Å². The van der Waals surface area contributed by atoms with Gasteiger partial charge in [-0.2, -0.15) is 0 Å². The summed E-state index contributed by atoms with van der Waals surface area (Å²) in [5.41, 5.74) is 3.42. The summed E-state index contributed by atoms with van der Waals surface area (Å²) in [6, 6.07) is 13.3. The van der Waals surface area contributed by atoms with Crippen molar-refractivity contribution in [2.24, 2.45) is 0 Å². The molecule has 6 heteroatoms. The van der Waals surface area contributed by atoms with E-state index in [9.17, 15) is 4.79 Å². The topological polar surface area (TPSA) is 51.7 Å². The highest BCUT2D eigenvalue weighted by atomic mass is 35.5. The number of halogens is 1. The molecule has 0 fully saturated rings. The molecule has 0 saturated carbocycles. The lowest BCUT2D eigenvalue weighted by Gasteiger charge is -2.36. The van der Waals surface area contributed by atoms with Gasteiger partial charge in [0.1, 0.15) is 5.15 Å². The monoisotopic (exact) mass is 396 g/mol. The summed E-state index contributed by atoms with van der Waals surface area (Å²) in [7, 11) is 3.24. The minimum atomic E-state index is -0.115. The predicted molar refractivity (Wildman–Crippen MR) is 109 cm³/mol. The lowest BCUT2D eigenvalue weighted by Crippen LogP contribution is -2.39. The van der Waals surface area contributed by atoms with Crippen molar-refractivity contribution in [1.29, 1.82) is 0 Å². The predicted octanol–water partition coefficient (Wildman–Crippen LogP) is 4.66. The van der Waals surface area contributed by atoms with Crippen molar-refractivity contribution < 1.29 is 14.3 Å². The molecule has 0 aliphatic carbocycles. The quantitative estimate of drug-likeness (QED) is 0.604. The van der Waals surface area contributed by atoms with E-state index in [4.69, 9.17) is 21.1 Å². The molecule has 2 heterocycles. The number of aromatic nitrogens is 1. The minimum Gasteiger partial charge on any atom is -0.493 e. The van der Waals surface area contributed by atoms with Crippen LogP contribution in [0.3, 0.4) is 0 Å². The van der Waals surface area contributed by atoms with Crippen LogP contribution in [-0.2, 0) is 6.42 Å². The number of nitrogens with zero attached hydrogens (tertiary/aromatic N) is 2. The van der Waals surface area contributed by atoms with Crippen LogP contribution >= 0.6 is 11.6 Å². The molecule has 144 valence electrons. The van der Waals surface area contributed by atoms with E-state index in [2.05, 4.69) is 4.98 Å². The molecule has 28 heavy (non-hydrogen) atoms. The van der Waals surface area contributed by atoms with Crippen molar-refractivity contribution in [3.63, 3.8) is 0 Å². The van der Waals surface area contributed by atoms with Crippen molar-refractivity contribution >= 4 is 28.4 Å². The van der Waals surface area contributed by atoms with Gasteiger partial charge in [-0.1, -0.05) is 29.8 Å². The fraction of sp³-hybridized carbons (Fsp3) is 0.273. The van der Waals surface area contributed by atoms with Gasteiger partial charge in [-0.15, -0.1) is 0 Å². The number of carbonyl (C=O) groups is 1. The van der Waals surface area contributed by atoms with E-state index in [0.29, 0.717) is 23.6 Å². The van der Waals surface area contributed by atoms with E-state index in [1.165, 1.54) is 0 Å². The number of pyridine rings is 1. The zero-order valence-electron chi connectivity index (χ0n) is 16.0. The Labute approximate surface area is 168 Å². The van der Waals surface area contributed by atoms with Gasteiger partial charge in [-0.05, 0) is 48.7 Å². The highest BCUT2D eigenvalue weighted by Crippen LogP contribution is 2.38. The molecule has 2 aromatic carbocycles. The van der Waals surface area contributed by atoms with Gasteiger partial charge in [0, 0.05) is 11.9 Å². The van der Waals surface area contributed by atoms with Crippen molar-refractivity contribution in [3.05, 3.63) is 64.3 Å². The molecular formula is C22H21ClN2O3. The molecule has 5 nitrogen and oxygen atoms in total. The van der Waals surface area contributed by atoms with E-state index in [1.807, 2.05) is 54.3 Å². The second kappa shape index (κ2) is 7.32. The standard InChI is InChI=1S/C22H21ClN2O3/c1-13-16-12-20(28-3)19(27-2)11-14(16)8-9-25(13)22(26)17-10-15-6-4-5-7-18(15)24-21(17)23/h4-7,10-13H,8-9H2,1-3H3. The molecule has 0 spiro atoms. The Bertz CT molecular complexity index is 1070. The van der Waals surface area contributed by atoms with E-state index in [1.54, 1.807) is 14.2 Å². The number of carbonyl (C=O) groups excluding carboxylic acids is 1. The maximum absolute atomic E-state index is 13.3. The smallest absolute Gasteiger partial charge is 0.257 e. The fourth-order valence-corrected chi connectivity index (χ4v) is 4.05. The summed E-state index contributed by atoms with van der Waals surface area (Å²) in [5.74, 6) is 1.25. The minimum absolute atomic E-state index is 0.112. The van der Waals surface area contributed by atoms with Gasteiger partial charge in [-0.3, -0.25) is 4.79 Å². The largest absolute Gasteiger partial charge is 0.493 e. The lowest BCUT2D eigenvalue weighted by molar-refractivity contribution is 0.0677. The Hall–Kier alpha value is -2.79. The molecule has 1 aliphatic heterocycles. The average molecular weight is 397 g/mol. The molecule has 1 aliphatic rings. The summed E-state index contributed by atoms with van der Waals surface area (Å²) in [6.07, 6.45) is 0.740. The van der Waals surface area contributed by atoms with E-state index < -0.39 is 0 Å². The Balaban J connectivity index is 1.71. The van der Waals surface area contributed by atoms with Crippen molar-refractivity contribution in [3.8, 4) is 11.5 Å². The van der Waals surface area contributed by atoms with E-state index in [-0.39, 0.29) is 17.1 Å². The van der Waals surface area contributed by atoms with Crippen LogP contribution in [0.5, 0.6) is 11.5 Å². The maximum Gasteiger partial charge on any atom is 0.257 e. The fourth-order valence-electron chi connectivity index (χ4n) is 3.82. The number of para-hydroxylation sites is 1. The van der Waals surface area contributed by atoms with Gasteiger partial charge in [0.05, 0.1) is 31.3 Å². The highest BCUT2D eigenvalue weighted by Gasteiger charge is 2.31. The zero-order valence-corrected chi connectivity index (χ0v) is 16.8. The Morgan fingerprint density at radius 3 is 2.61 bits per heavy atom. The van der Waals surface area contributed by atoms with Crippen molar-refractivity contribution in [1.82, 2.24) is 9.88 Å². The summed E-state index contributed by atoms with van der Waals surface area (Å²) in [4.78, 5) is 19.5. The zero-order chi connectivity index (χ0) is 19.8. The van der Waals surface area contributed by atoms with Crippen LogP contribution in [-0.4, -0.2) is 36.6 Å². The van der Waals surface area contributed by atoms with Crippen LogP contribution in [0, 0.1) is 0 Å². The second-order valence-electron chi connectivity index (χ2n) is 6.85. The van der Waals surface area contributed by atoms with Gasteiger partial charge in [-0.25, -0.2) is 4.98 Å². The Morgan fingerprint density at radius 2 is 1.86 bits per heavy atom. The molecule has 0 N–H and O–H groups in total. The third-order valence-electron chi connectivity index (χ3n) is 5.35. The summed E-state index contributed by atoms with van der Waals surface area (Å²) in [5, 5.41) is 1.13. The SMILES string of the molecule is COc1cc2c(cc1OC)C(C)N(C(=O)c1cc3ccccc3nc1Cl)CC2. The third kappa shape index (κ3) is 3.06. The van der Waals surface area contributed by atoms with E-state index in [0.717, 1.165) is 28.5 Å². The molecule has 0 saturated heterocycles. The van der Waals surface area contributed by atoms with Crippen molar-refractivity contribution in [2.45, 2.75) is 19.4 Å². The van der Waals surface area contributed by atoms with Crippen LogP contribution in [0.1, 0.15) is 34.5 Å². The molecule has 0 bridgehead atoms. The Morgan fingerprint density at radius 1 is 1.14 bits per heavy atom. The molecular weight excluding hydrogens is 376 g/mol. The number of methoxy groups -OCH3 is 2. The second-order valence-corrected chi connectivity index (χ2v) is 7.21. The number of hydrogen-bond acceptors (Lipinski definition) is 4. The number of fused-ring (bicyclic) bond motifs is 2. The van der Waals surface area contributed by atoms with E-state index >= 15 is 0 Å². The van der Waals surface area contributed by atoms with Crippen LogP contribution in [0.4, 0.5) is 0 Å². The molecule has 4 rings (SSSR count). The number of benzene rings is 2. The summed E-state index contributed by atoms with van der Waals surface area (Å²) >= 11 is 6.36. The number of hydrogen-bond donors (Lipinski definition) is 0. The molecule has 1 amide bonds. The number of amides is 1. The normalized spacial score (nSPS) is 16.0. The van der Waals surface area contributed by atoms with Gasteiger partial charge in [0.2, 0.25) is 0 Å². The highest BCUT2D eigenvalue weighted by molar-refractivity contribution is 6.33. The van der Waals surface area contributed by atoms with Gasteiger partial charge >= 0.3 is 0 Å². The first-order valence-corrected chi connectivity index (χ1v) is 9.52. The summed E-state index contributed by atoms with van der Waals surface area (Å²) in [6.45, 7) is 2.62. The first-order valence-electron chi connectivity index (χ1n) is 9.14. The van der Waals surface area contributed by atoms with Gasteiger partial charge in [0.15, 0.2) is 11.5 Å².